The molecule has 19 heavy (non-hydrogen) atoms. The Kier molecular flexibility index (Phi) is 4.24. The Morgan fingerprint density at radius 2 is 1.95 bits per heavy atom. The summed E-state index contributed by atoms with van der Waals surface area (Å²) in [5.74, 6) is -0.671. The van der Waals surface area contributed by atoms with Crippen molar-refractivity contribution in [3.05, 3.63) is 29.8 Å². The maximum Gasteiger partial charge on any atom is 0.270 e. The molecule has 0 atom stereocenters. The first kappa shape index (κ1) is 13.6. The van der Waals surface area contributed by atoms with E-state index in [-0.39, 0.29) is 29.3 Å². The third kappa shape index (κ3) is 3.59. The average molecular weight is 264 g/mol. The van der Waals surface area contributed by atoms with Crippen molar-refractivity contribution in [2.24, 2.45) is 5.92 Å². The first-order valence-electron chi connectivity index (χ1n) is 6.50. The summed E-state index contributed by atoms with van der Waals surface area (Å²) in [4.78, 5) is 26.7. The number of halogens is 1. The molecular weight excluding hydrogens is 247 g/mol. The van der Waals surface area contributed by atoms with Crippen molar-refractivity contribution in [2.45, 2.75) is 38.6 Å². The number of Topliss-reactive ketones (excluding diaryl/α,β-unsaturated/α-hetero) is 1. The molecule has 1 aromatic heterocycles. The number of nitrogens with zero attached hydrogens (tertiary/aromatic N) is 1. The molecule has 0 aliphatic heterocycles. The molecule has 4 nitrogen and oxygen atoms in total. The lowest BCUT2D eigenvalue weighted by Crippen LogP contribution is -2.38. The molecule has 1 aliphatic rings. The van der Waals surface area contributed by atoms with Gasteiger partial charge in [0.2, 0.25) is 5.95 Å². The number of amides is 1. The summed E-state index contributed by atoms with van der Waals surface area (Å²) in [6.07, 6.45) is 3.17. The van der Waals surface area contributed by atoms with E-state index in [9.17, 15) is 14.0 Å². The Hall–Kier alpha value is -1.78. The lowest BCUT2D eigenvalue weighted by atomic mass is 9.84. The smallest absolute Gasteiger partial charge is 0.270 e. The summed E-state index contributed by atoms with van der Waals surface area (Å²) in [6.45, 7) is 1.61. The predicted octanol–water partition coefficient (Wildman–Crippen LogP) is 2.10. The van der Waals surface area contributed by atoms with Crippen LogP contribution in [0, 0.1) is 11.9 Å². The molecule has 0 spiro atoms. The van der Waals surface area contributed by atoms with Crippen molar-refractivity contribution < 1.29 is 14.0 Å². The molecule has 0 aromatic carbocycles. The van der Waals surface area contributed by atoms with Crippen LogP contribution < -0.4 is 5.32 Å². The van der Waals surface area contributed by atoms with Crippen LogP contribution in [-0.2, 0) is 4.79 Å². The van der Waals surface area contributed by atoms with Crippen LogP contribution in [0.5, 0.6) is 0 Å². The highest BCUT2D eigenvalue weighted by atomic mass is 19.1. The van der Waals surface area contributed by atoms with Gasteiger partial charge in [-0.15, -0.1) is 0 Å². The Labute approximate surface area is 111 Å². The SMILES string of the molecule is CC(=O)C1CCC(NC(=O)c2cccc(F)n2)CC1. The Balaban J connectivity index is 1.89. The lowest BCUT2D eigenvalue weighted by molar-refractivity contribution is -0.121. The van der Waals surface area contributed by atoms with Crippen LogP contribution in [-0.4, -0.2) is 22.7 Å². The fraction of sp³-hybridized carbons (Fsp3) is 0.500. The van der Waals surface area contributed by atoms with Gasteiger partial charge >= 0.3 is 0 Å². The van der Waals surface area contributed by atoms with Crippen molar-refractivity contribution in [2.75, 3.05) is 0 Å². The maximum atomic E-state index is 12.9. The molecule has 1 fully saturated rings. The van der Waals surface area contributed by atoms with Crippen molar-refractivity contribution in [1.82, 2.24) is 10.3 Å². The van der Waals surface area contributed by atoms with Gasteiger partial charge in [-0.3, -0.25) is 9.59 Å². The van der Waals surface area contributed by atoms with Gasteiger partial charge < -0.3 is 5.32 Å². The van der Waals surface area contributed by atoms with E-state index in [1.807, 2.05) is 0 Å². The largest absolute Gasteiger partial charge is 0.348 e. The van der Waals surface area contributed by atoms with Gasteiger partial charge in [0.25, 0.3) is 5.91 Å². The fourth-order valence-corrected chi connectivity index (χ4v) is 2.44. The highest BCUT2D eigenvalue weighted by Gasteiger charge is 2.25. The first-order valence-corrected chi connectivity index (χ1v) is 6.50. The molecule has 2 rings (SSSR count). The number of nitrogens with one attached hydrogen (secondary N) is 1. The summed E-state index contributed by atoms with van der Waals surface area (Å²) < 4.78 is 12.9. The van der Waals surface area contributed by atoms with Gasteiger partial charge in [0.1, 0.15) is 11.5 Å². The number of hydrogen-bond acceptors (Lipinski definition) is 3. The fourth-order valence-electron chi connectivity index (χ4n) is 2.44. The quantitative estimate of drug-likeness (QED) is 0.850. The molecule has 0 saturated heterocycles. The zero-order valence-electron chi connectivity index (χ0n) is 10.9. The van der Waals surface area contributed by atoms with E-state index >= 15 is 0 Å². The normalized spacial score (nSPS) is 22.8. The zero-order chi connectivity index (χ0) is 13.8. The second-order valence-electron chi connectivity index (χ2n) is 4.98. The number of aromatic nitrogens is 1. The molecule has 1 heterocycles. The number of hydrogen-bond donors (Lipinski definition) is 1. The molecule has 0 radical (unpaired) electrons. The minimum Gasteiger partial charge on any atom is -0.348 e. The van der Waals surface area contributed by atoms with E-state index in [2.05, 4.69) is 10.3 Å². The number of carbonyl (C=O) groups excluding carboxylic acids is 2. The number of pyridine rings is 1. The zero-order valence-corrected chi connectivity index (χ0v) is 10.9. The van der Waals surface area contributed by atoms with E-state index < -0.39 is 5.95 Å². The molecule has 0 unspecified atom stereocenters. The minimum atomic E-state index is -0.659. The van der Waals surface area contributed by atoms with Gasteiger partial charge in [0.15, 0.2) is 0 Å². The summed E-state index contributed by atoms with van der Waals surface area (Å²) in [6, 6.07) is 4.20. The predicted molar refractivity (Wildman–Crippen MR) is 68.1 cm³/mol. The van der Waals surface area contributed by atoms with Gasteiger partial charge in [-0.2, -0.15) is 4.39 Å². The molecule has 102 valence electrons. The third-order valence-corrected chi connectivity index (χ3v) is 3.59. The van der Waals surface area contributed by atoms with Crippen molar-refractivity contribution in [3.63, 3.8) is 0 Å². The Bertz CT molecular complexity index is 482. The molecule has 5 heteroatoms. The summed E-state index contributed by atoms with van der Waals surface area (Å²) in [5.41, 5.74) is 0.0914. The molecule has 1 N–H and O–H groups in total. The van der Waals surface area contributed by atoms with Crippen LogP contribution in [0.25, 0.3) is 0 Å². The molecule has 1 amide bonds. The second kappa shape index (κ2) is 5.91. The lowest BCUT2D eigenvalue weighted by Gasteiger charge is -2.27. The van der Waals surface area contributed by atoms with E-state index in [4.69, 9.17) is 0 Å². The molecule has 1 saturated carbocycles. The number of ketones is 1. The maximum absolute atomic E-state index is 12.9. The van der Waals surface area contributed by atoms with E-state index in [1.54, 1.807) is 6.92 Å². The molecule has 1 aromatic rings. The van der Waals surface area contributed by atoms with Crippen molar-refractivity contribution >= 4 is 11.7 Å². The van der Waals surface area contributed by atoms with Gasteiger partial charge in [-0.25, -0.2) is 4.98 Å². The van der Waals surface area contributed by atoms with Crippen molar-refractivity contribution in [3.8, 4) is 0 Å². The van der Waals surface area contributed by atoms with Gasteiger partial charge in [-0.1, -0.05) is 6.07 Å². The van der Waals surface area contributed by atoms with Gasteiger partial charge in [0, 0.05) is 12.0 Å². The van der Waals surface area contributed by atoms with Crippen LogP contribution in [0.1, 0.15) is 43.1 Å². The summed E-state index contributed by atoms with van der Waals surface area (Å²) >= 11 is 0. The Morgan fingerprint density at radius 1 is 1.26 bits per heavy atom. The van der Waals surface area contributed by atoms with Crippen LogP contribution in [0.15, 0.2) is 18.2 Å². The molecule has 1 aliphatic carbocycles. The average Bonchev–Trinajstić information content (AvgIpc) is 2.39. The standard InChI is InChI=1S/C14H17FN2O2/c1-9(18)10-5-7-11(8-6-10)16-14(19)12-3-2-4-13(15)17-12/h2-4,10-11H,5-8H2,1H3,(H,16,19). The summed E-state index contributed by atoms with van der Waals surface area (Å²) in [7, 11) is 0. The topological polar surface area (TPSA) is 59.1 Å². The van der Waals surface area contributed by atoms with Crippen LogP contribution >= 0.6 is 0 Å². The van der Waals surface area contributed by atoms with E-state index in [1.165, 1.54) is 18.2 Å². The van der Waals surface area contributed by atoms with Gasteiger partial charge in [0.05, 0.1) is 0 Å². The molecular formula is C14H17FN2O2. The highest BCUT2D eigenvalue weighted by molar-refractivity contribution is 5.92. The second-order valence-corrected chi connectivity index (χ2v) is 4.98. The minimum absolute atomic E-state index is 0.0492. The Morgan fingerprint density at radius 3 is 2.53 bits per heavy atom. The van der Waals surface area contributed by atoms with E-state index in [0.29, 0.717) is 0 Å². The number of rotatable bonds is 3. The van der Waals surface area contributed by atoms with Crippen LogP contribution in [0.4, 0.5) is 4.39 Å². The summed E-state index contributed by atoms with van der Waals surface area (Å²) in [5, 5.41) is 2.84. The van der Waals surface area contributed by atoms with E-state index in [0.717, 1.165) is 25.7 Å². The first-order chi connectivity index (χ1) is 9.06. The third-order valence-electron chi connectivity index (χ3n) is 3.59. The van der Waals surface area contributed by atoms with Crippen molar-refractivity contribution in [1.29, 1.82) is 0 Å². The van der Waals surface area contributed by atoms with Gasteiger partial charge in [-0.05, 0) is 44.7 Å². The molecule has 0 bridgehead atoms. The monoisotopic (exact) mass is 264 g/mol. The van der Waals surface area contributed by atoms with Crippen LogP contribution in [0.3, 0.4) is 0 Å². The highest BCUT2D eigenvalue weighted by Crippen LogP contribution is 2.25. The number of carbonyl (C=O) groups is 2. The van der Waals surface area contributed by atoms with Crippen LogP contribution in [0.2, 0.25) is 0 Å².